The summed E-state index contributed by atoms with van der Waals surface area (Å²) in [5.74, 6) is -2.30. The molecule has 0 saturated carbocycles. The lowest BCUT2D eigenvalue weighted by atomic mass is 10.1. The molecular weight excluding hydrogens is 347 g/mol. The number of aromatic nitrogens is 2. The lowest BCUT2D eigenvalue weighted by Crippen LogP contribution is -2.25. The molecule has 2 aromatic heterocycles. The molecule has 5 nitrogen and oxygen atoms in total. The Morgan fingerprint density at radius 1 is 1.31 bits per heavy atom. The van der Waals surface area contributed by atoms with Gasteiger partial charge in [0.05, 0.1) is 30.3 Å². The maximum Gasteiger partial charge on any atom is 0.255 e. The summed E-state index contributed by atoms with van der Waals surface area (Å²) in [5, 5.41) is 2.43. The van der Waals surface area contributed by atoms with Gasteiger partial charge in [-0.25, -0.2) is 13.2 Å². The molecule has 0 aliphatic heterocycles. The number of alkyl halides is 1. The monoisotopic (exact) mass is 363 g/mol. The van der Waals surface area contributed by atoms with Gasteiger partial charge in [-0.2, -0.15) is 0 Å². The molecule has 8 heteroatoms. The predicted octanol–water partition coefficient (Wildman–Crippen LogP) is 3.07. The average Bonchev–Trinajstić information content (AvgIpc) is 3.02. The number of benzene rings is 1. The van der Waals surface area contributed by atoms with Gasteiger partial charge >= 0.3 is 0 Å². The summed E-state index contributed by atoms with van der Waals surface area (Å²) in [5.41, 5.74) is 1.19. The van der Waals surface area contributed by atoms with Crippen LogP contribution in [0, 0.1) is 11.6 Å². The van der Waals surface area contributed by atoms with Crippen molar-refractivity contribution in [1.82, 2.24) is 14.9 Å². The van der Waals surface area contributed by atoms with E-state index in [1.54, 1.807) is 16.7 Å². The molecule has 1 N–H and O–H groups in total. The molecule has 1 amide bonds. The first-order valence-electron chi connectivity index (χ1n) is 7.85. The lowest BCUT2D eigenvalue weighted by molar-refractivity contribution is 0.0952. The molecule has 0 unspecified atom stereocenters. The van der Waals surface area contributed by atoms with E-state index in [4.69, 9.17) is 4.74 Å². The van der Waals surface area contributed by atoms with Gasteiger partial charge in [0.1, 0.15) is 17.9 Å². The molecule has 0 saturated heterocycles. The number of ether oxygens (including phenoxy) is 1. The summed E-state index contributed by atoms with van der Waals surface area (Å²) in [4.78, 5) is 16.4. The van der Waals surface area contributed by atoms with Crippen molar-refractivity contribution in [2.45, 2.75) is 6.54 Å². The van der Waals surface area contributed by atoms with E-state index in [0.29, 0.717) is 11.0 Å². The van der Waals surface area contributed by atoms with E-state index in [1.807, 2.05) is 0 Å². The van der Waals surface area contributed by atoms with Gasteiger partial charge in [0.15, 0.2) is 11.6 Å². The predicted molar refractivity (Wildman–Crippen MR) is 90.1 cm³/mol. The number of carbonyl (C=O) groups excluding carboxylic acids is 1. The van der Waals surface area contributed by atoms with Gasteiger partial charge in [-0.15, -0.1) is 0 Å². The van der Waals surface area contributed by atoms with Crippen LogP contribution >= 0.6 is 0 Å². The standard InChI is InChI=1S/C18H16F3N3O2/c1-26-15-5-4-13(20)16(21)11(15)9-24-10-12(18(25)23-8-6-19)17-14(24)3-2-7-22-17/h2-5,7,10H,6,8-9H2,1H3,(H,23,25). The largest absolute Gasteiger partial charge is 0.496 e. The van der Waals surface area contributed by atoms with Gasteiger partial charge < -0.3 is 14.6 Å². The number of nitrogens with zero attached hydrogens (tertiary/aromatic N) is 2. The van der Waals surface area contributed by atoms with Crippen LogP contribution in [-0.4, -0.2) is 35.8 Å². The fourth-order valence-electron chi connectivity index (χ4n) is 2.76. The molecule has 0 aliphatic rings. The van der Waals surface area contributed by atoms with Crippen LogP contribution in [0.2, 0.25) is 0 Å². The zero-order chi connectivity index (χ0) is 18.7. The van der Waals surface area contributed by atoms with Crippen molar-refractivity contribution in [3.05, 3.63) is 59.4 Å². The second kappa shape index (κ2) is 7.47. The summed E-state index contributed by atoms with van der Waals surface area (Å²) in [6.45, 7) is -0.875. The molecule has 3 rings (SSSR count). The lowest BCUT2D eigenvalue weighted by Gasteiger charge is -2.12. The molecule has 0 atom stereocenters. The van der Waals surface area contributed by atoms with Crippen molar-refractivity contribution in [1.29, 1.82) is 0 Å². The van der Waals surface area contributed by atoms with Crippen molar-refractivity contribution in [3.63, 3.8) is 0 Å². The smallest absolute Gasteiger partial charge is 0.255 e. The summed E-state index contributed by atoms with van der Waals surface area (Å²) in [6, 6.07) is 5.70. The molecular formula is C18H16F3N3O2. The van der Waals surface area contributed by atoms with Gasteiger partial charge in [-0.05, 0) is 24.3 Å². The van der Waals surface area contributed by atoms with Crippen LogP contribution in [0.15, 0.2) is 36.7 Å². The molecule has 0 fully saturated rings. The van der Waals surface area contributed by atoms with Gasteiger partial charge in [0.2, 0.25) is 0 Å². The molecule has 3 aromatic rings. The minimum atomic E-state index is -1.02. The van der Waals surface area contributed by atoms with Gasteiger partial charge in [0, 0.05) is 18.9 Å². The zero-order valence-electron chi connectivity index (χ0n) is 13.9. The van der Waals surface area contributed by atoms with E-state index >= 15 is 0 Å². The number of amides is 1. The SMILES string of the molecule is COc1ccc(F)c(F)c1Cn1cc(C(=O)NCCF)c2ncccc21. The summed E-state index contributed by atoms with van der Waals surface area (Å²) >= 11 is 0. The van der Waals surface area contributed by atoms with Crippen molar-refractivity contribution < 1.29 is 22.7 Å². The van der Waals surface area contributed by atoms with Crippen LogP contribution in [-0.2, 0) is 6.54 Å². The minimum Gasteiger partial charge on any atom is -0.496 e. The Hall–Kier alpha value is -3.03. The third-order valence-electron chi connectivity index (χ3n) is 3.96. The van der Waals surface area contributed by atoms with E-state index in [-0.39, 0.29) is 30.0 Å². The Kier molecular flexibility index (Phi) is 5.11. The third kappa shape index (κ3) is 3.22. The number of rotatable bonds is 6. The first-order valence-corrected chi connectivity index (χ1v) is 7.85. The quantitative estimate of drug-likeness (QED) is 0.732. The number of nitrogens with one attached hydrogen (secondary N) is 1. The highest BCUT2D eigenvalue weighted by atomic mass is 19.2. The number of halogens is 3. The number of hydrogen-bond acceptors (Lipinski definition) is 3. The number of methoxy groups -OCH3 is 1. The maximum absolute atomic E-state index is 14.3. The number of carbonyl (C=O) groups is 1. The van der Waals surface area contributed by atoms with Crippen molar-refractivity contribution in [2.24, 2.45) is 0 Å². The Labute approximate surface area is 147 Å². The Bertz CT molecular complexity index is 956. The van der Waals surface area contributed by atoms with Crippen LogP contribution in [0.1, 0.15) is 15.9 Å². The van der Waals surface area contributed by atoms with Crippen LogP contribution in [0.5, 0.6) is 5.75 Å². The number of fused-ring (bicyclic) bond motifs is 1. The van der Waals surface area contributed by atoms with Crippen LogP contribution in [0.3, 0.4) is 0 Å². The molecule has 136 valence electrons. The summed E-state index contributed by atoms with van der Waals surface area (Å²) < 4.78 is 46.9. The molecule has 0 aliphatic carbocycles. The highest BCUT2D eigenvalue weighted by Crippen LogP contribution is 2.27. The number of hydrogen-bond donors (Lipinski definition) is 1. The Balaban J connectivity index is 2.07. The molecule has 0 spiro atoms. The van der Waals surface area contributed by atoms with Crippen LogP contribution in [0.25, 0.3) is 11.0 Å². The topological polar surface area (TPSA) is 56.1 Å². The van der Waals surface area contributed by atoms with Gasteiger partial charge in [-0.3, -0.25) is 9.78 Å². The van der Waals surface area contributed by atoms with Crippen molar-refractivity contribution in [3.8, 4) is 5.75 Å². The Morgan fingerprint density at radius 3 is 2.85 bits per heavy atom. The van der Waals surface area contributed by atoms with E-state index in [2.05, 4.69) is 10.3 Å². The fraction of sp³-hybridized carbons (Fsp3) is 0.222. The normalized spacial score (nSPS) is 10.9. The van der Waals surface area contributed by atoms with Crippen LogP contribution in [0.4, 0.5) is 13.2 Å². The minimum absolute atomic E-state index is 0.0176. The number of pyridine rings is 1. The zero-order valence-corrected chi connectivity index (χ0v) is 13.9. The molecule has 1 aromatic carbocycles. The van der Waals surface area contributed by atoms with E-state index in [9.17, 15) is 18.0 Å². The molecule has 2 heterocycles. The molecule has 0 bridgehead atoms. The second-order valence-electron chi connectivity index (χ2n) is 5.53. The summed E-state index contributed by atoms with van der Waals surface area (Å²) in [7, 11) is 1.36. The summed E-state index contributed by atoms with van der Waals surface area (Å²) in [6.07, 6.45) is 3.00. The van der Waals surface area contributed by atoms with E-state index in [1.165, 1.54) is 25.6 Å². The first-order chi connectivity index (χ1) is 12.6. The first kappa shape index (κ1) is 17.8. The molecule has 0 radical (unpaired) electrons. The van der Waals surface area contributed by atoms with E-state index in [0.717, 1.165) is 6.07 Å². The highest BCUT2D eigenvalue weighted by Gasteiger charge is 2.19. The fourth-order valence-corrected chi connectivity index (χ4v) is 2.76. The average molecular weight is 363 g/mol. The Morgan fingerprint density at radius 2 is 2.12 bits per heavy atom. The van der Waals surface area contributed by atoms with Gasteiger partial charge in [0.25, 0.3) is 5.91 Å². The highest BCUT2D eigenvalue weighted by molar-refractivity contribution is 6.05. The van der Waals surface area contributed by atoms with Crippen LogP contribution < -0.4 is 10.1 Å². The maximum atomic E-state index is 14.3. The van der Waals surface area contributed by atoms with E-state index < -0.39 is 24.2 Å². The van der Waals surface area contributed by atoms with Gasteiger partial charge in [-0.1, -0.05) is 0 Å². The third-order valence-corrected chi connectivity index (χ3v) is 3.96. The van der Waals surface area contributed by atoms with Crippen molar-refractivity contribution >= 4 is 16.9 Å². The van der Waals surface area contributed by atoms with Crippen molar-refractivity contribution in [2.75, 3.05) is 20.3 Å². The molecule has 26 heavy (non-hydrogen) atoms. The second-order valence-corrected chi connectivity index (χ2v) is 5.53.